The van der Waals surface area contributed by atoms with Crippen molar-refractivity contribution in [2.75, 3.05) is 29.9 Å². The number of piperidine rings is 1. The molecule has 150 valence electrons. The SMILES string of the molecule is O=C(COc1ccc(Cl)cc1)Nc1cc(-n2cnnn2)ccc1N1CCCCC1. The van der Waals surface area contributed by atoms with Gasteiger partial charge in [0.15, 0.2) is 6.61 Å². The summed E-state index contributed by atoms with van der Waals surface area (Å²) in [6, 6.07) is 12.7. The molecule has 1 saturated heterocycles. The third kappa shape index (κ3) is 4.83. The number of benzene rings is 2. The van der Waals surface area contributed by atoms with Crippen LogP contribution in [0.3, 0.4) is 0 Å². The third-order valence-corrected chi connectivity index (χ3v) is 5.00. The van der Waals surface area contributed by atoms with Gasteiger partial charge in [-0.2, -0.15) is 0 Å². The Morgan fingerprint density at radius 3 is 2.62 bits per heavy atom. The molecule has 4 rings (SSSR count). The molecule has 2 aromatic carbocycles. The van der Waals surface area contributed by atoms with Gasteiger partial charge in [-0.15, -0.1) is 5.10 Å². The second-order valence-electron chi connectivity index (χ2n) is 6.79. The smallest absolute Gasteiger partial charge is 0.262 e. The van der Waals surface area contributed by atoms with Crippen molar-refractivity contribution >= 4 is 28.9 Å². The van der Waals surface area contributed by atoms with Crippen molar-refractivity contribution in [3.8, 4) is 11.4 Å². The maximum atomic E-state index is 12.6. The van der Waals surface area contributed by atoms with Crippen LogP contribution in [0.15, 0.2) is 48.8 Å². The maximum Gasteiger partial charge on any atom is 0.262 e. The lowest BCUT2D eigenvalue weighted by Crippen LogP contribution is -2.31. The van der Waals surface area contributed by atoms with Crippen LogP contribution in [0.5, 0.6) is 5.75 Å². The summed E-state index contributed by atoms with van der Waals surface area (Å²) in [5.41, 5.74) is 2.47. The summed E-state index contributed by atoms with van der Waals surface area (Å²) in [4.78, 5) is 14.9. The van der Waals surface area contributed by atoms with Gasteiger partial charge in [0.25, 0.3) is 5.91 Å². The molecule has 0 bridgehead atoms. The van der Waals surface area contributed by atoms with Crippen molar-refractivity contribution < 1.29 is 9.53 Å². The van der Waals surface area contributed by atoms with Crippen LogP contribution < -0.4 is 15.0 Å². The zero-order valence-electron chi connectivity index (χ0n) is 15.8. The van der Waals surface area contributed by atoms with Crippen LogP contribution in [0.1, 0.15) is 19.3 Å². The predicted molar refractivity (Wildman–Crippen MR) is 111 cm³/mol. The minimum atomic E-state index is -0.243. The van der Waals surface area contributed by atoms with E-state index in [1.165, 1.54) is 12.7 Å². The first-order valence-electron chi connectivity index (χ1n) is 9.49. The van der Waals surface area contributed by atoms with Gasteiger partial charge in [-0.25, -0.2) is 4.68 Å². The highest BCUT2D eigenvalue weighted by atomic mass is 35.5. The van der Waals surface area contributed by atoms with Crippen molar-refractivity contribution in [3.05, 3.63) is 53.8 Å². The fourth-order valence-corrected chi connectivity index (χ4v) is 3.45. The lowest BCUT2D eigenvalue weighted by molar-refractivity contribution is -0.118. The largest absolute Gasteiger partial charge is 0.484 e. The fraction of sp³-hybridized carbons (Fsp3) is 0.300. The molecule has 0 radical (unpaired) electrons. The Morgan fingerprint density at radius 2 is 1.90 bits per heavy atom. The molecule has 0 aliphatic carbocycles. The molecule has 0 unspecified atom stereocenters. The van der Waals surface area contributed by atoms with Gasteiger partial charge in [0.05, 0.1) is 17.1 Å². The lowest BCUT2D eigenvalue weighted by atomic mass is 10.1. The summed E-state index contributed by atoms with van der Waals surface area (Å²) < 4.78 is 7.12. The molecule has 1 aromatic heterocycles. The average molecular weight is 413 g/mol. The van der Waals surface area contributed by atoms with E-state index in [4.69, 9.17) is 16.3 Å². The summed E-state index contributed by atoms with van der Waals surface area (Å²) in [6.45, 7) is 1.83. The number of rotatable bonds is 6. The van der Waals surface area contributed by atoms with Gasteiger partial charge in [0.2, 0.25) is 0 Å². The van der Waals surface area contributed by atoms with Gasteiger partial charge in [-0.1, -0.05) is 11.6 Å². The average Bonchev–Trinajstić information content (AvgIpc) is 3.29. The van der Waals surface area contributed by atoms with Gasteiger partial charge >= 0.3 is 0 Å². The number of amides is 1. The number of tetrazole rings is 1. The van der Waals surface area contributed by atoms with Gasteiger partial charge in [-0.05, 0) is 72.2 Å². The minimum absolute atomic E-state index is 0.101. The third-order valence-electron chi connectivity index (χ3n) is 4.75. The van der Waals surface area contributed by atoms with Crippen molar-refractivity contribution in [1.29, 1.82) is 0 Å². The molecule has 0 atom stereocenters. The van der Waals surface area contributed by atoms with E-state index in [-0.39, 0.29) is 12.5 Å². The Kier molecular flexibility index (Phi) is 5.90. The Balaban J connectivity index is 1.51. The standard InChI is InChI=1S/C20H21ClN6O2/c21-15-4-7-17(8-5-15)29-13-20(28)23-18-12-16(27-14-22-24-25-27)6-9-19(18)26-10-2-1-3-11-26/h4-9,12,14H,1-3,10-11,13H2,(H,23,28). The Hall–Kier alpha value is -3.13. The first kappa shape index (κ1) is 19.2. The summed E-state index contributed by atoms with van der Waals surface area (Å²) in [5.74, 6) is 0.343. The Labute approximate surface area is 173 Å². The van der Waals surface area contributed by atoms with Crippen LogP contribution in [0.25, 0.3) is 5.69 Å². The van der Waals surface area contributed by atoms with Crippen molar-refractivity contribution in [2.24, 2.45) is 0 Å². The lowest BCUT2D eigenvalue weighted by Gasteiger charge is -2.30. The van der Waals surface area contributed by atoms with Crippen molar-refractivity contribution in [3.63, 3.8) is 0 Å². The highest BCUT2D eigenvalue weighted by Crippen LogP contribution is 2.30. The molecule has 3 aromatic rings. The minimum Gasteiger partial charge on any atom is -0.484 e. The van der Waals surface area contributed by atoms with Crippen LogP contribution in [0, 0.1) is 0 Å². The first-order chi connectivity index (χ1) is 14.2. The molecule has 29 heavy (non-hydrogen) atoms. The number of nitrogens with one attached hydrogen (secondary N) is 1. The molecular formula is C20H21ClN6O2. The second-order valence-corrected chi connectivity index (χ2v) is 7.23. The number of halogens is 1. The van der Waals surface area contributed by atoms with E-state index in [0.29, 0.717) is 16.5 Å². The molecule has 1 aliphatic rings. The summed E-state index contributed by atoms with van der Waals surface area (Å²) >= 11 is 5.87. The topological polar surface area (TPSA) is 85.2 Å². The quantitative estimate of drug-likeness (QED) is 0.668. The number of hydrogen-bond donors (Lipinski definition) is 1. The van der Waals surface area contributed by atoms with Crippen LogP contribution in [0.4, 0.5) is 11.4 Å². The van der Waals surface area contributed by atoms with Crippen LogP contribution in [0.2, 0.25) is 5.02 Å². The number of carbonyl (C=O) groups excluding carboxylic acids is 1. The molecule has 1 N–H and O–H groups in total. The van der Waals surface area contributed by atoms with E-state index in [0.717, 1.165) is 37.3 Å². The van der Waals surface area contributed by atoms with E-state index >= 15 is 0 Å². The molecule has 1 fully saturated rings. The fourth-order valence-electron chi connectivity index (χ4n) is 3.32. The number of anilines is 2. The molecule has 0 spiro atoms. The Morgan fingerprint density at radius 1 is 1.10 bits per heavy atom. The van der Waals surface area contributed by atoms with Gasteiger partial charge in [-0.3, -0.25) is 4.79 Å². The summed E-state index contributed by atoms with van der Waals surface area (Å²) in [7, 11) is 0. The monoisotopic (exact) mass is 412 g/mol. The molecule has 9 heteroatoms. The van der Waals surface area contributed by atoms with E-state index in [1.54, 1.807) is 28.9 Å². The van der Waals surface area contributed by atoms with Crippen LogP contribution in [-0.4, -0.2) is 45.8 Å². The zero-order valence-corrected chi connectivity index (χ0v) is 16.5. The highest BCUT2D eigenvalue weighted by Gasteiger charge is 2.17. The maximum absolute atomic E-state index is 12.6. The summed E-state index contributed by atoms with van der Waals surface area (Å²) in [6.07, 6.45) is 5.03. The normalized spacial score (nSPS) is 13.9. The molecule has 1 aliphatic heterocycles. The number of carbonyl (C=O) groups is 1. The number of ether oxygens (including phenoxy) is 1. The number of aromatic nitrogens is 4. The van der Waals surface area contributed by atoms with Crippen LogP contribution >= 0.6 is 11.6 Å². The van der Waals surface area contributed by atoms with Gasteiger partial charge in [0.1, 0.15) is 12.1 Å². The van der Waals surface area contributed by atoms with Crippen molar-refractivity contribution in [1.82, 2.24) is 20.2 Å². The molecule has 2 heterocycles. The predicted octanol–water partition coefficient (Wildman–Crippen LogP) is 3.32. The zero-order chi connectivity index (χ0) is 20.1. The van der Waals surface area contributed by atoms with Gasteiger partial charge in [0, 0.05) is 18.1 Å². The van der Waals surface area contributed by atoms with Crippen molar-refractivity contribution in [2.45, 2.75) is 19.3 Å². The van der Waals surface area contributed by atoms with E-state index in [9.17, 15) is 4.79 Å². The van der Waals surface area contributed by atoms with E-state index in [2.05, 4.69) is 25.7 Å². The second kappa shape index (κ2) is 8.91. The van der Waals surface area contributed by atoms with E-state index < -0.39 is 0 Å². The Bertz CT molecular complexity index is 956. The van der Waals surface area contributed by atoms with E-state index in [1.807, 2.05) is 18.2 Å². The molecule has 0 saturated carbocycles. The highest BCUT2D eigenvalue weighted by molar-refractivity contribution is 6.30. The molecule has 8 nitrogen and oxygen atoms in total. The molecular weight excluding hydrogens is 392 g/mol. The van der Waals surface area contributed by atoms with Gasteiger partial charge < -0.3 is 15.0 Å². The number of hydrogen-bond acceptors (Lipinski definition) is 6. The number of nitrogens with zero attached hydrogens (tertiary/aromatic N) is 5. The molecule has 1 amide bonds. The first-order valence-corrected chi connectivity index (χ1v) is 9.87. The van der Waals surface area contributed by atoms with Crippen LogP contribution in [-0.2, 0) is 4.79 Å². The summed E-state index contributed by atoms with van der Waals surface area (Å²) in [5, 5.41) is 14.9.